The molecule has 0 aliphatic heterocycles. The second-order valence-corrected chi connectivity index (χ2v) is 3.33. The van der Waals surface area contributed by atoms with E-state index in [0.717, 1.165) is 4.47 Å². The van der Waals surface area contributed by atoms with Crippen LogP contribution in [0, 0.1) is 5.82 Å². The second-order valence-electron chi connectivity index (χ2n) is 2.48. The maximum atomic E-state index is 12.9. The first-order valence-corrected chi connectivity index (χ1v) is 4.38. The SMILES string of the molecule is Fc1ccc(Br)c(-c2cn[nH]n2)c1. The molecule has 3 nitrogen and oxygen atoms in total. The van der Waals surface area contributed by atoms with Gasteiger partial charge in [-0.05, 0) is 18.2 Å². The van der Waals surface area contributed by atoms with Crippen molar-refractivity contribution in [2.75, 3.05) is 0 Å². The van der Waals surface area contributed by atoms with Gasteiger partial charge in [0.2, 0.25) is 0 Å². The van der Waals surface area contributed by atoms with E-state index in [1.807, 2.05) is 0 Å². The quantitative estimate of drug-likeness (QED) is 0.833. The zero-order valence-electron chi connectivity index (χ0n) is 6.46. The van der Waals surface area contributed by atoms with Crippen LogP contribution in [0.3, 0.4) is 0 Å². The molecule has 1 heterocycles. The first-order valence-electron chi connectivity index (χ1n) is 3.58. The minimum atomic E-state index is -0.291. The molecule has 0 aliphatic rings. The third-order valence-electron chi connectivity index (χ3n) is 1.62. The largest absolute Gasteiger partial charge is 0.207 e. The van der Waals surface area contributed by atoms with Crippen molar-refractivity contribution in [2.45, 2.75) is 0 Å². The highest BCUT2D eigenvalue weighted by atomic mass is 79.9. The Morgan fingerprint density at radius 2 is 2.23 bits per heavy atom. The maximum Gasteiger partial charge on any atom is 0.123 e. The van der Waals surface area contributed by atoms with Crippen LogP contribution < -0.4 is 0 Å². The summed E-state index contributed by atoms with van der Waals surface area (Å²) in [4.78, 5) is 0. The molecule has 0 saturated heterocycles. The number of rotatable bonds is 1. The van der Waals surface area contributed by atoms with Crippen LogP contribution in [0.15, 0.2) is 28.9 Å². The topological polar surface area (TPSA) is 41.6 Å². The normalized spacial score (nSPS) is 10.3. The zero-order valence-corrected chi connectivity index (χ0v) is 8.05. The van der Waals surface area contributed by atoms with E-state index >= 15 is 0 Å². The van der Waals surface area contributed by atoms with Crippen molar-refractivity contribution < 1.29 is 4.39 Å². The van der Waals surface area contributed by atoms with Crippen LogP contribution in [0.2, 0.25) is 0 Å². The highest BCUT2D eigenvalue weighted by Crippen LogP contribution is 2.26. The van der Waals surface area contributed by atoms with E-state index in [-0.39, 0.29) is 5.82 Å². The predicted molar refractivity (Wildman–Crippen MR) is 49.5 cm³/mol. The van der Waals surface area contributed by atoms with Gasteiger partial charge in [-0.3, -0.25) is 0 Å². The monoisotopic (exact) mass is 241 g/mol. The van der Waals surface area contributed by atoms with Gasteiger partial charge in [0.1, 0.15) is 11.5 Å². The minimum Gasteiger partial charge on any atom is -0.207 e. The van der Waals surface area contributed by atoms with Crippen LogP contribution in [-0.2, 0) is 0 Å². The molecule has 1 aromatic heterocycles. The number of nitrogens with one attached hydrogen (secondary N) is 1. The van der Waals surface area contributed by atoms with Gasteiger partial charge in [-0.25, -0.2) is 4.39 Å². The summed E-state index contributed by atoms with van der Waals surface area (Å²) >= 11 is 3.30. The lowest BCUT2D eigenvalue weighted by Crippen LogP contribution is -1.82. The average Bonchev–Trinajstić information content (AvgIpc) is 2.61. The van der Waals surface area contributed by atoms with Crippen molar-refractivity contribution in [1.29, 1.82) is 0 Å². The van der Waals surface area contributed by atoms with Gasteiger partial charge in [-0.2, -0.15) is 15.4 Å². The van der Waals surface area contributed by atoms with Gasteiger partial charge in [0.05, 0.1) is 6.20 Å². The molecule has 66 valence electrons. The summed E-state index contributed by atoms with van der Waals surface area (Å²) in [5, 5.41) is 9.98. The fourth-order valence-electron chi connectivity index (χ4n) is 1.03. The Hall–Kier alpha value is -1.23. The number of halogens is 2. The van der Waals surface area contributed by atoms with E-state index < -0.39 is 0 Å². The standard InChI is InChI=1S/C8H5BrFN3/c9-7-2-1-5(10)3-6(7)8-4-11-13-12-8/h1-4H,(H,11,12,13). The molecule has 0 bridgehead atoms. The molecular formula is C8H5BrFN3. The molecule has 0 saturated carbocycles. The summed E-state index contributed by atoms with van der Waals surface area (Å²) in [6.07, 6.45) is 1.54. The Morgan fingerprint density at radius 3 is 2.92 bits per heavy atom. The zero-order chi connectivity index (χ0) is 9.26. The number of hydrogen-bond donors (Lipinski definition) is 1. The Morgan fingerprint density at radius 1 is 1.38 bits per heavy atom. The fraction of sp³-hybridized carbons (Fsp3) is 0. The molecule has 0 aliphatic carbocycles. The van der Waals surface area contributed by atoms with Gasteiger partial charge in [-0.15, -0.1) is 0 Å². The molecule has 1 N–H and O–H groups in total. The van der Waals surface area contributed by atoms with Gasteiger partial charge in [0.15, 0.2) is 0 Å². The van der Waals surface area contributed by atoms with Crippen LogP contribution in [0.4, 0.5) is 4.39 Å². The van der Waals surface area contributed by atoms with Crippen molar-refractivity contribution in [3.05, 3.63) is 34.7 Å². The summed E-state index contributed by atoms with van der Waals surface area (Å²) in [5.74, 6) is -0.291. The Labute approximate surface area is 82.1 Å². The summed E-state index contributed by atoms with van der Waals surface area (Å²) in [5.41, 5.74) is 1.31. The first kappa shape index (κ1) is 8.37. The Balaban J connectivity index is 2.57. The predicted octanol–water partition coefficient (Wildman–Crippen LogP) is 2.37. The van der Waals surface area contributed by atoms with Crippen molar-refractivity contribution in [3.8, 4) is 11.3 Å². The number of aromatic nitrogens is 3. The van der Waals surface area contributed by atoms with Crippen molar-refractivity contribution in [2.24, 2.45) is 0 Å². The van der Waals surface area contributed by atoms with E-state index in [0.29, 0.717) is 11.3 Å². The summed E-state index contributed by atoms with van der Waals surface area (Å²) in [6, 6.07) is 4.43. The molecule has 0 fully saturated rings. The summed E-state index contributed by atoms with van der Waals surface area (Å²) in [6.45, 7) is 0. The fourth-order valence-corrected chi connectivity index (χ4v) is 1.47. The van der Waals surface area contributed by atoms with Crippen LogP contribution in [0.25, 0.3) is 11.3 Å². The maximum absolute atomic E-state index is 12.9. The molecule has 0 spiro atoms. The van der Waals surface area contributed by atoms with Crippen LogP contribution in [0.1, 0.15) is 0 Å². The van der Waals surface area contributed by atoms with E-state index in [9.17, 15) is 4.39 Å². The number of benzene rings is 1. The van der Waals surface area contributed by atoms with Crippen LogP contribution in [0.5, 0.6) is 0 Å². The second kappa shape index (κ2) is 3.26. The molecule has 0 atom stereocenters. The number of hydrogen-bond acceptors (Lipinski definition) is 2. The lowest BCUT2D eigenvalue weighted by molar-refractivity contribution is 0.628. The van der Waals surface area contributed by atoms with E-state index in [4.69, 9.17) is 0 Å². The smallest absolute Gasteiger partial charge is 0.123 e. The molecular weight excluding hydrogens is 237 g/mol. The molecule has 0 unspecified atom stereocenters. The molecule has 13 heavy (non-hydrogen) atoms. The summed E-state index contributed by atoms with van der Waals surface area (Å²) in [7, 11) is 0. The third kappa shape index (κ3) is 1.60. The van der Waals surface area contributed by atoms with Gasteiger partial charge in [0, 0.05) is 10.0 Å². The third-order valence-corrected chi connectivity index (χ3v) is 2.31. The van der Waals surface area contributed by atoms with Crippen molar-refractivity contribution in [3.63, 3.8) is 0 Å². The lowest BCUT2D eigenvalue weighted by Gasteiger charge is -1.98. The highest BCUT2D eigenvalue weighted by Gasteiger charge is 2.06. The highest BCUT2D eigenvalue weighted by molar-refractivity contribution is 9.10. The van der Waals surface area contributed by atoms with Crippen LogP contribution >= 0.6 is 15.9 Å². The number of H-pyrrole nitrogens is 1. The van der Waals surface area contributed by atoms with E-state index in [1.165, 1.54) is 12.1 Å². The molecule has 5 heteroatoms. The summed E-state index contributed by atoms with van der Waals surface area (Å²) < 4.78 is 13.7. The molecule has 2 rings (SSSR count). The van der Waals surface area contributed by atoms with E-state index in [1.54, 1.807) is 12.3 Å². The molecule has 0 radical (unpaired) electrons. The Bertz CT molecular complexity index is 413. The molecule has 2 aromatic rings. The van der Waals surface area contributed by atoms with Crippen LogP contribution in [-0.4, -0.2) is 15.4 Å². The average molecular weight is 242 g/mol. The van der Waals surface area contributed by atoms with Gasteiger partial charge < -0.3 is 0 Å². The Kier molecular flexibility index (Phi) is 2.10. The minimum absolute atomic E-state index is 0.291. The first-order chi connectivity index (χ1) is 6.27. The van der Waals surface area contributed by atoms with Gasteiger partial charge in [-0.1, -0.05) is 15.9 Å². The number of nitrogens with zero attached hydrogens (tertiary/aromatic N) is 2. The van der Waals surface area contributed by atoms with Crippen molar-refractivity contribution in [1.82, 2.24) is 15.4 Å². The molecule has 1 aromatic carbocycles. The number of aromatic amines is 1. The van der Waals surface area contributed by atoms with Gasteiger partial charge in [0.25, 0.3) is 0 Å². The van der Waals surface area contributed by atoms with Crippen molar-refractivity contribution >= 4 is 15.9 Å². The lowest BCUT2D eigenvalue weighted by atomic mass is 10.2. The van der Waals surface area contributed by atoms with E-state index in [2.05, 4.69) is 31.3 Å². The molecule has 0 amide bonds. The van der Waals surface area contributed by atoms with Gasteiger partial charge >= 0.3 is 0 Å².